The number of pyridine rings is 1. The Balaban J connectivity index is 2.60. The zero-order valence-electron chi connectivity index (χ0n) is 12.5. The molecule has 1 heterocycles. The highest BCUT2D eigenvalue weighted by Gasteiger charge is 2.33. The molecule has 0 aliphatic carbocycles. The Hall–Kier alpha value is -2.35. The molecule has 1 aromatic carbocycles. The summed E-state index contributed by atoms with van der Waals surface area (Å²) in [5, 5.41) is 22.0. The van der Waals surface area contributed by atoms with Crippen molar-refractivity contribution in [2.75, 3.05) is 0 Å². The maximum absolute atomic E-state index is 11.6. The Morgan fingerprint density at radius 1 is 1.20 bits per heavy atom. The quantitative estimate of drug-likeness (QED) is 0.393. The molecule has 0 radical (unpaired) electrons. The van der Waals surface area contributed by atoms with Crippen molar-refractivity contribution >= 4 is 46.7 Å². The third-order valence-electron chi connectivity index (χ3n) is 3.13. The summed E-state index contributed by atoms with van der Waals surface area (Å²) < 4.78 is 17.1. The van der Waals surface area contributed by atoms with Gasteiger partial charge in [0.05, 0.1) is 21.1 Å². The molecule has 1 aromatic heterocycles. The number of nitro groups is 2. The molecule has 25 heavy (non-hydrogen) atoms. The lowest BCUT2D eigenvalue weighted by atomic mass is 10.1. The molecule has 0 aliphatic rings. The van der Waals surface area contributed by atoms with Gasteiger partial charge in [0.1, 0.15) is 5.75 Å². The molecule has 2 aromatic rings. The van der Waals surface area contributed by atoms with Crippen molar-refractivity contribution < 1.29 is 19.1 Å². The average molecular weight is 405 g/mol. The Morgan fingerprint density at radius 3 is 2.36 bits per heavy atom. The van der Waals surface area contributed by atoms with E-state index in [4.69, 9.17) is 27.6 Å². The van der Waals surface area contributed by atoms with E-state index in [1.54, 1.807) is 6.92 Å². The molecule has 2 rings (SSSR count). The molecule has 130 valence electrons. The van der Waals surface area contributed by atoms with Gasteiger partial charge in [0, 0.05) is 23.8 Å². The van der Waals surface area contributed by atoms with Gasteiger partial charge >= 0.3 is 18.5 Å². The number of hydrogen-bond donors (Lipinski definition) is 0. The number of nitro benzene ring substituents is 1. The first kappa shape index (κ1) is 19.0. The summed E-state index contributed by atoms with van der Waals surface area (Å²) in [4.78, 5) is 24.5. The largest absolute Gasteiger partial charge is 0.501 e. The van der Waals surface area contributed by atoms with Crippen LogP contribution in [0.4, 0.5) is 11.4 Å². The molecule has 0 amide bonds. The molecular weight excluding hydrogens is 396 g/mol. The first-order valence-electron chi connectivity index (χ1n) is 6.66. The second kappa shape index (κ2) is 7.69. The van der Waals surface area contributed by atoms with E-state index in [1.807, 2.05) is 0 Å². The maximum Gasteiger partial charge on any atom is 0.501 e. The van der Waals surface area contributed by atoms with Gasteiger partial charge in [0.15, 0.2) is 0 Å². The summed E-state index contributed by atoms with van der Waals surface area (Å²) in [7, 11) is -2.56. The van der Waals surface area contributed by atoms with E-state index in [9.17, 15) is 24.8 Å². The predicted octanol–water partition coefficient (Wildman–Crippen LogP) is 4.51. The van der Waals surface area contributed by atoms with Gasteiger partial charge in [-0.2, -0.15) is 0 Å². The van der Waals surface area contributed by atoms with Crippen LogP contribution in [0.25, 0.3) is 0 Å². The number of ether oxygens (including phenoxy) is 1. The van der Waals surface area contributed by atoms with Crippen LogP contribution in [0.15, 0.2) is 24.4 Å². The summed E-state index contributed by atoms with van der Waals surface area (Å²) in [6, 6.07) is 3.36. The second-order valence-electron chi connectivity index (χ2n) is 4.64. The summed E-state index contributed by atoms with van der Waals surface area (Å²) in [6.07, 6.45) is 1.47. The van der Waals surface area contributed by atoms with Crippen LogP contribution in [0.3, 0.4) is 0 Å². The van der Waals surface area contributed by atoms with Crippen LogP contribution in [-0.2, 0) is 11.0 Å². The van der Waals surface area contributed by atoms with Crippen molar-refractivity contribution in [3.63, 3.8) is 0 Å². The van der Waals surface area contributed by atoms with Gasteiger partial charge in [-0.25, -0.2) is 4.98 Å². The fourth-order valence-electron chi connectivity index (χ4n) is 1.99. The highest BCUT2D eigenvalue weighted by molar-refractivity contribution is 7.80. The SMILES string of the molecule is CCc1cc([N+](=O)[O-])c([P+](=O)Cl)cc1Oc1ncc(Cl)cc1[N+](=O)[O-]. The summed E-state index contributed by atoms with van der Waals surface area (Å²) >= 11 is 11.2. The molecular formula is C13H9Cl2N3O6P+. The van der Waals surface area contributed by atoms with Crippen molar-refractivity contribution in [3.8, 4) is 11.6 Å². The Kier molecular flexibility index (Phi) is 5.84. The van der Waals surface area contributed by atoms with E-state index in [-0.39, 0.29) is 22.0 Å². The van der Waals surface area contributed by atoms with Crippen molar-refractivity contribution in [3.05, 3.63) is 55.2 Å². The molecule has 12 heteroatoms. The topological polar surface area (TPSA) is 125 Å². The lowest BCUT2D eigenvalue weighted by molar-refractivity contribution is -0.386. The van der Waals surface area contributed by atoms with Gasteiger partial charge < -0.3 is 4.74 Å². The molecule has 0 N–H and O–H groups in total. The molecule has 0 bridgehead atoms. The summed E-state index contributed by atoms with van der Waals surface area (Å²) in [5.41, 5.74) is -0.529. The minimum Gasteiger partial charge on any atom is -0.433 e. The normalized spacial score (nSPS) is 11.1. The molecule has 0 saturated heterocycles. The number of nitrogens with zero attached hydrogens (tertiary/aromatic N) is 3. The van der Waals surface area contributed by atoms with Crippen LogP contribution in [0.5, 0.6) is 11.6 Å². The zero-order valence-corrected chi connectivity index (χ0v) is 14.9. The van der Waals surface area contributed by atoms with Gasteiger partial charge in [-0.3, -0.25) is 20.2 Å². The first-order valence-corrected chi connectivity index (χ1v) is 9.21. The fraction of sp³-hybridized carbons (Fsp3) is 0.154. The van der Waals surface area contributed by atoms with E-state index in [2.05, 4.69) is 4.98 Å². The maximum atomic E-state index is 11.6. The number of aryl methyl sites for hydroxylation is 1. The third-order valence-corrected chi connectivity index (χ3v) is 4.62. The van der Waals surface area contributed by atoms with Crippen LogP contribution < -0.4 is 10.0 Å². The smallest absolute Gasteiger partial charge is 0.433 e. The standard InChI is InChI=1S/C13H9Cl2N3O6P/c1-2-7-3-9(17(19)20)12(25(15)23)5-11(7)24-13-10(18(21)22)4-8(14)6-16-13/h3-6H,2H2,1H3/q+1. The number of benzene rings is 1. The van der Waals surface area contributed by atoms with Crippen molar-refractivity contribution in [1.82, 2.24) is 4.98 Å². The minimum absolute atomic E-state index is 0.0324. The van der Waals surface area contributed by atoms with Gasteiger partial charge in [-0.05, 0) is 11.0 Å². The van der Waals surface area contributed by atoms with E-state index in [1.165, 1.54) is 6.07 Å². The summed E-state index contributed by atoms with van der Waals surface area (Å²) in [6.45, 7) is 1.70. The molecule has 0 saturated carbocycles. The van der Waals surface area contributed by atoms with Crippen LogP contribution >= 0.6 is 30.0 Å². The molecule has 9 nitrogen and oxygen atoms in total. The van der Waals surface area contributed by atoms with Crippen molar-refractivity contribution in [1.29, 1.82) is 0 Å². The number of halogens is 2. The average Bonchev–Trinajstić information content (AvgIpc) is 2.55. The van der Waals surface area contributed by atoms with Gasteiger partial charge in [-0.15, -0.1) is 0 Å². The number of hydrogen-bond acceptors (Lipinski definition) is 7. The highest BCUT2D eigenvalue weighted by Crippen LogP contribution is 2.38. The Morgan fingerprint density at radius 2 is 1.84 bits per heavy atom. The summed E-state index contributed by atoms with van der Waals surface area (Å²) in [5.74, 6) is -0.321. The molecule has 0 spiro atoms. The Bertz CT molecular complexity index is 892. The molecule has 0 aliphatic heterocycles. The third kappa shape index (κ3) is 4.19. The monoisotopic (exact) mass is 404 g/mol. The van der Waals surface area contributed by atoms with Gasteiger partial charge in [-0.1, -0.05) is 18.5 Å². The molecule has 1 atom stereocenters. The zero-order chi connectivity index (χ0) is 18.7. The lowest BCUT2D eigenvalue weighted by Gasteiger charge is -2.09. The second-order valence-corrected chi connectivity index (χ2v) is 6.97. The van der Waals surface area contributed by atoms with Crippen LogP contribution in [0.1, 0.15) is 12.5 Å². The van der Waals surface area contributed by atoms with E-state index in [0.717, 1.165) is 18.3 Å². The van der Waals surface area contributed by atoms with Crippen LogP contribution in [0, 0.1) is 20.2 Å². The number of rotatable bonds is 6. The van der Waals surface area contributed by atoms with Gasteiger partial charge in [0.2, 0.25) is 11.2 Å². The van der Waals surface area contributed by atoms with Crippen LogP contribution in [0.2, 0.25) is 5.02 Å². The molecule has 1 unspecified atom stereocenters. The fourth-order valence-corrected chi connectivity index (χ4v) is 3.09. The Labute approximate surface area is 151 Å². The van der Waals surface area contributed by atoms with Crippen LogP contribution in [-0.4, -0.2) is 14.8 Å². The predicted molar refractivity (Wildman–Crippen MR) is 91.5 cm³/mol. The van der Waals surface area contributed by atoms with Crippen molar-refractivity contribution in [2.45, 2.75) is 13.3 Å². The van der Waals surface area contributed by atoms with E-state index >= 15 is 0 Å². The number of aromatic nitrogens is 1. The minimum atomic E-state index is -2.56. The van der Waals surface area contributed by atoms with E-state index < -0.39 is 28.4 Å². The van der Waals surface area contributed by atoms with Gasteiger partial charge in [0.25, 0.3) is 11.2 Å². The van der Waals surface area contributed by atoms with Crippen molar-refractivity contribution in [2.24, 2.45) is 0 Å². The van der Waals surface area contributed by atoms with E-state index in [0.29, 0.717) is 12.0 Å². The molecule has 0 fully saturated rings. The highest BCUT2D eigenvalue weighted by atomic mass is 35.7. The first-order chi connectivity index (χ1) is 11.7. The lowest BCUT2D eigenvalue weighted by Crippen LogP contribution is -2.07.